The van der Waals surface area contributed by atoms with Gasteiger partial charge >= 0.3 is 6.18 Å². The fourth-order valence-electron chi connectivity index (χ4n) is 3.44. The second-order valence-corrected chi connectivity index (χ2v) is 10.7. The van der Waals surface area contributed by atoms with Crippen molar-refractivity contribution in [2.75, 3.05) is 33.9 Å². The number of halogens is 3. The van der Waals surface area contributed by atoms with Crippen LogP contribution in [0, 0.1) is 0 Å². The summed E-state index contributed by atoms with van der Waals surface area (Å²) in [5.74, 6) is -0.684. The largest absolute Gasteiger partial charge is 0.491 e. The first-order valence-corrected chi connectivity index (χ1v) is 12.1. The molecule has 1 saturated heterocycles. The predicted octanol–water partition coefficient (Wildman–Crippen LogP) is 4.73. The minimum absolute atomic E-state index is 0.0231. The zero-order valence-corrected chi connectivity index (χ0v) is 21.1. The molecule has 0 spiro atoms. The van der Waals surface area contributed by atoms with Crippen LogP contribution in [-0.2, 0) is 22.9 Å². The number of amides is 1. The molecule has 188 valence electrons. The van der Waals surface area contributed by atoms with Crippen LogP contribution in [0.2, 0.25) is 0 Å². The molecule has 1 amide bonds. The number of alkyl halides is 3. The van der Waals surface area contributed by atoms with E-state index in [2.05, 4.69) is 25.8 Å². The van der Waals surface area contributed by atoms with Gasteiger partial charge in [-0.3, -0.25) is 4.79 Å². The molecule has 1 fully saturated rings. The van der Waals surface area contributed by atoms with E-state index in [1.165, 1.54) is 17.4 Å². The molecule has 1 aliphatic rings. The van der Waals surface area contributed by atoms with Gasteiger partial charge in [0.1, 0.15) is 12.4 Å². The lowest BCUT2D eigenvalue weighted by molar-refractivity contribution is -0.137. The SMILES string of the molecule is CN(C)CCOc1ccc(C(F)(F)F)cc1C(=O)/N=c1\sc(C(C)(C)C)cn1C[C@H]1CCCO1. The number of benzene rings is 1. The van der Waals surface area contributed by atoms with E-state index >= 15 is 0 Å². The smallest absolute Gasteiger partial charge is 0.416 e. The molecular formula is C24H32F3N3O3S. The normalized spacial score (nSPS) is 17.6. The van der Waals surface area contributed by atoms with Crippen LogP contribution in [0.15, 0.2) is 29.4 Å². The summed E-state index contributed by atoms with van der Waals surface area (Å²) in [4.78, 5) is 20.8. The number of nitrogens with zero attached hydrogens (tertiary/aromatic N) is 3. The molecule has 0 bridgehead atoms. The number of ether oxygens (including phenoxy) is 2. The highest BCUT2D eigenvalue weighted by atomic mass is 32.1. The second-order valence-electron chi connectivity index (χ2n) is 9.69. The summed E-state index contributed by atoms with van der Waals surface area (Å²) in [7, 11) is 3.71. The maximum atomic E-state index is 13.4. The topological polar surface area (TPSA) is 56.1 Å². The van der Waals surface area contributed by atoms with Crippen LogP contribution in [0.4, 0.5) is 13.2 Å². The predicted molar refractivity (Wildman–Crippen MR) is 125 cm³/mol. The van der Waals surface area contributed by atoms with E-state index < -0.39 is 17.6 Å². The van der Waals surface area contributed by atoms with Gasteiger partial charge in [-0.1, -0.05) is 20.8 Å². The Morgan fingerprint density at radius 2 is 2.03 bits per heavy atom. The molecule has 1 aromatic carbocycles. The van der Waals surface area contributed by atoms with Crippen molar-refractivity contribution < 1.29 is 27.4 Å². The number of thiazole rings is 1. The lowest BCUT2D eigenvalue weighted by atomic mass is 9.95. The zero-order chi connectivity index (χ0) is 25.1. The van der Waals surface area contributed by atoms with Gasteiger partial charge < -0.3 is 18.9 Å². The Morgan fingerprint density at radius 1 is 1.29 bits per heavy atom. The van der Waals surface area contributed by atoms with Crippen LogP contribution in [0.5, 0.6) is 5.75 Å². The van der Waals surface area contributed by atoms with Gasteiger partial charge in [0.15, 0.2) is 4.80 Å². The molecule has 34 heavy (non-hydrogen) atoms. The van der Waals surface area contributed by atoms with Crippen LogP contribution >= 0.6 is 11.3 Å². The number of hydrogen-bond acceptors (Lipinski definition) is 5. The van der Waals surface area contributed by atoms with E-state index in [1.807, 2.05) is 29.8 Å². The van der Waals surface area contributed by atoms with Gasteiger partial charge in [0, 0.05) is 24.2 Å². The Labute approximate surface area is 202 Å². The van der Waals surface area contributed by atoms with Gasteiger partial charge in [0.05, 0.1) is 23.8 Å². The molecule has 0 radical (unpaired) electrons. The molecule has 1 aliphatic heterocycles. The van der Waals surface area contributed by atoms with Gasteiger partial charge in [-0.05, 0) is 50.6 Å². The van der Waals surface area contributed by atoms with Crippen LogP contribution in [-0.4, -0.2) is 55.3 Å². The summed E-state index contributed by atoms with van der Waals surface area (Å²) in [6.07, 6.45) is -0.711. The standard InChI is InChI=1S/C24H32F3N3O3S/c1-23(2,3)20-15-30(14-17-7-6-11-32-17)22(34-20)28-21(31)18-13-16(24(25,26)27)8-9-19(18)33-12-10-29(4)5/h8-9,13,15,17H,6-7,10-12,14H2,1-5H3/b28-22-/t17-/m1/s1. The summed E-state index contributed by atoms with van der Waals surface area (Å²) in [5, 5.41) is 0. The van der Waals surface area contributed by atoms with Crippen molar-refractivity contribution in [3.63, 3.8) is 0 Å². The Kier molecular flexibility index (Phi) is 8.26. The van der Waals surface area contributed by atoms with Gasteiger partial charge in [-0.2, -0.15) is 18.2 Å². The lowest BCUT2D eigenvalue weighted by Crippen LogP contribution is -2.24. The lowest BCUT2D eigenvalue weighted by Gasteiger charge is -2.15. The van der Waals surface area contributed by atoms with Crippen molar-refractivity contribution in [2.45, 2.75) is 57.9 Å². The van der Waals surface area contributed by atoms with Crippen molar-refractivity contribution in [1.29, 1.82) is 0 Å². The van der Waals surface area contributed by atoms with E-state index in [1.54, 1.807) is 0 Å². The third-order valence-corrected chi connectivity index (χ3v) is 6.86. The number of hydrogen-bond donors (Lipinski definition) is 0. The molecular weight excluding hydrogens is 467 g/mol. The fourth-order valence-corrected chi connectivity index (χ4v) is 4.49. The Morgan fingerprint density at radius 3 is 2.62 bits per heavy atom. The van der Waals surface area contributed by atoms with Gasteiger partial charge in [0.25, 0.3) is 5.91 Å². The summed E-state index contributed by atoms with van der Waals surface area (Å²) in [5.41, 5.74) is -1.29. The fraction of sp³-hybridized carbons (Fsp3) is 0.583. The molecule has 3 rings (SSSR count). The number of likely N-dealkylation sites (N-methyl/N-ethyl adjacent to an activating group) is 1. The van der Waals surface area contributed by atoms with Crippen LogP contribution < -0.4 is 9.54 Å². The van der Waals surface area contributed by atoms with E-state index in [-0.39, 0.29) is 29.4 Å². The molecule has 2 heterocycles. The van der Waals surface area contributed by atoms with Gasteiger partial charge in [-0.25, -0.2) is 0 Å². The summed E-state index contributed by atoms with van der Waals surface area (Å²) in [6, 6.07) is 2.93. The molecule has 10 heteroatoms. The zero-order valence-electron chi connectivity index (χ0n) is 20.2. The average molecular weight is 500 g/mol. The van der Waals surface area contributed by atoms with Crippen LogP contribution in [0.3, 0.4) is 0 Å². The molecule has 2 aromatic rings. The minimum atomic E-state index is -4.58. The highest BCUT2D eigenvalue weighted by Gasteiger charge is 2.32. The summed E-state index contributed by atoms with van der Waals surface area (Å²) < 4.78 is 53.4. The van der Waals surface area contributed by atoms with Crippen LogP contribution in [0.1, 0.15) is 54.4 Å². The summed E-state index contributed by atoms with van der Waals surface area (Å²) >= 11 is 1.36. The maximum absolute atomic E-state index is 13.4. The molecule has 0 N–H and O–H groups in total. The maximum Gasteiger partial charge on any atom is 0.416 e. The summed E-state index contributed by atoms with van der Waals surface area (Å²) in [6.45, 7) is 8.19. The first-order valence-electron chi connectivity index (χ1n) is 11.2. The first-order chi connectivity index (χ1) is 15.8. The third kappa shape index (κ3) is 6.93. The third-order valence-electron chi connectivity index (χ3n) is 5.41. The van der Waals surface area contributed by atoms with Crippen molar-refractivity contribution >= 4 is 17.2 Å². The van der Waals surface area contributed by atoms with E-state index in [4.69, 9.17) is 9.47 Å². The van der Waals surface area contributed by atoms with Crippen molar-refractivity contribution in [3.8, 4) is 5.75 Å². The van der Waals surface area contributed by atoms with Crippen LogP contribution in [0.25, 0.3) is 0 Å². The highest BCUT2D eigenvalue weighted by Crippen LogP contribution is 2.33. The van der Waals surface area contributed by atoms with Crippen molar-refractivity contribution in [3.05, 3.63) is 45.2 Å². The molecule has 1 aromatic heterocycles. The van der Waals surface area contributed by atoms with E-state index in [0.717, 1.165) is 29.9 Å². The Bertz CT molecular complexity index is 1060. The number of carbonyl (C=O) groups excluding carboxylic acids is 1. The molecule has 0 unspecified atom stereocenters. The second kappa shape index (κ2) is 10.6. The van der Waals surface area contributed by atoms with Gasteiger partial charge in [0.2, 0.25) is 0 Å². The highest BCUT2D eigenvalue weighted by molar-refractivity contribution is 7.09. The van der Waals surface area contributed by atoms with Crippen molar-refractivity contribution in [1.82, 2.24) is 9.47 Å². The number of carbonyl (C=O) groups is 1. The number of aromatic nitrogens is 1. The first kappa shape index (κ1) is 26.4. The minimum Gasteiger partial charge on any atom is -0.491 e. The molecule has 0 aliphatic carbocycles. The van der Waals surface area contributed by atoms with Gasteiger partial charge in [-0.15, -0.1) is 11.3 Å². The molecule has 1 atom stereocenters. The monoisotopic (exact) mass is 499 g/mol. The Balaban J connectivity index is 2.01. The van der Waals surface area contributed by atoms with E-state index in [9.17, 15) is 18.0 Å². The average Bonchev–Trinajstić information content (AvgIpc) is 3.37. The van der Waals surface area contributed by atoms with E-state index in [0.29, 0.717) is 24.5 Å². The quantitative estimate of drug-likeness (QED) is 0.553. The Hall–Kier alpha value is -2.17. The number of rotatable bonds is 7. The molecule has 6 nitrogen and oxygen atoms in total. The molecule has 0 saturated carbocycles. The van der Waals surface area contributed by atoms with Crippen molar-refractivity contribution in [2.24, 2.45) is 4.99 Å².